The van der Waals surface area contributed by atoms with Crippen molar-refractivity contribution >= 4 is 0 Å². The maximum atomic E-state index is 6.25. The van der Waals surface area contributed by atoms with Gasteiger partial charge in [0.2, 0.25) is 0 Å². The van der Waals surface area contributed by atoms with E-state index in [4.69, 9.17) is 23.7 Å². The molecule has 0 aromatic carbocycles. The Morgan fingerprint density at radius 2 is 0.833 bits per heavy atom. The van der Waals surface area contributed by atoms with Crippen molar-refractivity contribution in [2.45, 2.75) is 0 Å². The van der Waals surface area contributed by atoms with E-state index in [9.17, 15) is 0 Å². The molecule has 0 fully saturated rings. The van der Waals surface area contributed by atoms with Crippen LogP contribution < -0.4 is 0 Å². The predicted octanol–water partition coefficient (Wildman–Crippen LogP) is 0.188. The van der Waals surface area contributed by atoms with Gasteiger partial charge in [-0.2, -0.15) is 0 Å². The van der Waals surface area contributed by atoms with Gasteiger partial charge >= 0.3 is 17.1 Å². The Morgan fingerprint density at radius 3 is 0.833 bits per heavy atom. The molecule has 0 aliphatic heterocycles. The fourth-order valence-corrected chi connectivity index (χ4v) is 0. The monoisotopic (exact) mass is 164 g/mol. The van der Waals surface area contributed by atoms with Gasteiger partial charge in [-0.1, -0.05) is 0 Å². The average Bonchev–Trinajstić information content (AvgIpc) is 1.50. The molecule has 6 heavy (non-hydrogen) atoms. The first-order valence-electron chi connectivity index (χ1n) is 0.447. The Kier molecular flexibility index (Phi) is 1400000. The van der Waals surface area contributed by atoms with Gasteiger partial charge in [-0.05, 0) is 0 Å². The van der Waals surface area contributed by atoms with Gasteiger partial charge in [0.1, 0.15) is 0 Å². The molecule has 0 atom stereocenters. The molecule has 0 radical (unpaired) electrons. The second-order valence-corrected chi connectivity index (χ2v) is 0. The van der Waals surface area contributed by atoms with Gasteiger partial charge in [0.15, 0.2) is 0 Å². The molecule has 0 amide bonds. The third-order valence-electron chi connectivity index (χ3n) is 0. The molecule has 2 nitrogen and oxygen atoms in total. The van der Waals surface area contributed by atoms with E-state index < -0.39 is 0 Å². The molecule has 0 spiro atoms. The Hall–Kier alpha value is 0.0190. The van der Waals surface area contributed by atoms with Crippen molar-refractivity contribution in [1.82, 2.24) is 0 Å². The number of nitrogens with zero attached hydrogens (tertiary/aromatic N) is 2. The van der Waals surface area contributed by atoms with Crippen molar-refractivity contribution in [3.63, 3.8) is 0 Å². The summed E-state index contributed by atoms with van der Waals surface area (Å²) in [5, 5.41) is 12.5. The second-order valence-electron chi connectivity index (χ2n) is 0. The topological polar surface area (TPSA) is 47.6 Å². The van der Waals surface area contributed by atoms with E-state index in [1.165, 1.54) is 0 Å². The van der Waals surface area contributed by atoms with Crippen LogP contribution in [0.25, 0.3) is 0 Å². The molecule has 0 aromatic heterocycles. The summed E-state index contributed by atoms with van der Waals surface area (Å²) < 4.78 is 0. The third-order valence-corrected chi connectivity index (χ3v) is 0. The van der Waals surface area contributed by atoms with Crippen LogP contribution in [0.4, 0.5) is 0 Å². The zero-order valence-corrected chi connectivity index (χ0v) is 4.81. The van der Waals surface area contributed by atoms with Crippen LogP contribution in [0, 0.1) is 23.7 Å². The summed E-state index contributed by atoms with van der Waals surface area (Å²) in [4.78, 5) is 0. The predicted molar refractivity (Wildman–Crippen MR) is 9.94 cm³/mol. The first kappa shape index (κ1) is 37.2. The summed E-state index contributed by atoms with van der Waals surface area (Å²) in [6.45, 7) is 9.50. The van der Waals surface area contributed by atoms with Gasteiger partial charge in [-0.25, -0.2) is 0 Å². The quantitative estimate of drug-likeness (QED) is 0.378. The summed E-state index contributed by atoms with van der Waals surface area (Å²) in [5.41, 5.74) is 0. The van der Waals surface area contributed by atoms with E-state index in [1.54, 1.807) is 0 Å². The molecular formula is C2Fe2N2. The van der Waals surface area contributed by atoms with Crippen LogP contribution in [0.1, 0.15) is 0 Å². The van der Waals surface area contributed by atoms with E-state index in [1.807, 2.05) is 0 Å². The molecular weight excluding hydrogens is 164 g/mol. The molecule has 34 valence electrons. The molecule has 0 heterocycles. The standard InChI is InChI=1S/2CN.2Fe/c2*1-2;;/q2*-1;;+2. The Labute approximate surface area is 58.1 Å². The third kappa shape index (κ3) is 102000. The van der Waals surface area contributed by atoms with Gasteiger partial charge in [0, 0.05) is 17.1 Å². The molecule has 0 saturated carbocycles. The van der Waals surface area contributed by atoms with E-state index in [0.29, 0.717) is 0 Å². The molecule has 0 saturated heterocycles. The Balaban J connectivity index is -0.00000000500. The van der Waals surface area contributed by atoms with Crippen molar-refractivity contribution in [2.24, 2.45) is 0 Å². The minimum absolute atomic E-state index is 0. The van der Waals surface area contributed by atoms with Crippen molar-refractivity contribution in [2.75, 3.05) is 0 Å². The average molecular weight is 164 g/mol. The molecule has 0 rings (SSSR count). The minimum Gasteiger partial charge on any atom is -0.512 e. The van der Waals surface area contributed by atoms with Gasteiger partial charge < -0.3 is 23.7 Å². The molecule has 0 aliphatic rings. The molecule has 0 bridgehead atoms. The molecule has 0 unspecified atom stereocenters. The van der Waals surface area contributed by atoms with Crippen LogP contribution in [-0.2, 0) is 34.1 Å². The first-order chi connectivity index (χ1) is 2.00. The number of hydrogen-bond donors (Lipinski definition) is 0. The maximum Gasteiger partial charge on any atom is 2.00 e. The minimum atomic E-state index is 0. The van der Waals surface area contributed by atoms with Crippen LogP contribution >= 0.6 is 0 Å². The zero-order valence-electron chi connectivity index (χ0n) is 2.60. The summed E-state index contributed by atoms with van der Waals surface area (Å²) in [7, 11) is 0. The van der Waals surface area contributed by atoms with Crippen LogP contribution in [0.2, 0.25) is 0 Å². The molecule has 0 aliphatic carbocycles. The van der Waals surface area contributed by atoms with E-state index in [2.05, 4.69) is 0 Å². The Morgan fingerprint density at radius 1 is 0.833 bits per heavy atom. The second kappa shape index (κ2) is 225000. The SMILES string of the molecule is [C-]#N.[C-]#N.[Fe+2].[Fe]. The van der Waals surface area contributed by atoms with Crippen LogP contribution in [0.15, 0.2) is 0 Å². The van der Waals surface area contributed by atoms with Gasteiger partial charge in [0.05, 0.1) is 0 Å². The summed E-state index contributed by atoms with van der Waals surface area (Å²) in [6.07, 6.45) is 0. The fourth-order valence-electron chi connectivity index (χ4n) is 0. The summed E-state index contributed by atoms with van der Waals surface area (Å²) in [6, 6.07) is 0. The van der Waals surface area contributed by atoms with E-state index in [-0.39, 0.29) is 34.1 Å². The summed E-state index contributed by atoms with van der Waals surface area (Å²) in [5.74, 6) is 0. The number of rotatable bonds is 0. The molecule has 0 N–H and O–H groups in total. The molecule has 0 aromatic rings. The van der Waals surface area contributed by atoms with Gasteiger partial charge in [-0.15, -0.1) is 0 Å². The van der Waals surface area contributed by atoms with E-state index >= 15 is 0 Å². The molecule has 4 heteroatoms. The zero-order chi connectivity index (χ0) is 4.00. The van der Waals surface area contributed by atoms with Crippen molar-refractivity contribution in [1.29, 1.82) is 10.5 Å². The van der Waals surface area contributed by atoms with Crippen LogP contribution in [-0.4, -0.2) is 0 Å². The normalized spacial score (nSPS) is 0.667. The fraction of sp³-hybridized carbons (Fsp3) is 0. The van der Waals surface area contributed by atoms with Gasteiger partial charge in [0.25, 0.3) is 0 Å². The van der Waals surface area contributed by atoms with Crippen molar-refractivity contribution < 1.29 is 34.1 Å². The smallest absolute Gasteiger partial charge is 0.512 e. The Bertz CT molecular complexity index is 25.0. The van der Waals surface area contributed by atoms with Crippen LogP contribution in [0.5, 0.6) is 0 Å². The first-order valence-corrected chi connectivity index (χ1v) is 0.447. The van der Waals surface area contributed by atoms with Crippen molar-refractivity contribution in [3.05, 3.63) is 13.1 Å². The summed E-state index contributed by atoms with van der Waals surface area (Å²) >= 11 is 0. The number of hydrogen-bond acceptors (Lipinski definition) is 2. The van der Waals surface area contributed by atoms with Crippen molar-refractivity contribution in [3.8, 4) is 0 Å². The van der Waals surface area contributed by atoms with E-state index in [0.717, 1.165) is 0 Å². The van der Waals surface area contributed by atoms with Crippen LogP contribution in [0.3, 0.4) is 0 Å². The largest absolute Gasteiger partial charge is 2.00 e. The van der Waals surface area contributed by atoms with Gasteiger partial charge in [-0.3, -0.25) is 0 Å². The maximum absolute atomic E-state index is 6.25.